The zero-order valence-corrected chi connectivity index (χ0v) is 11.9. The molecule has 2 aromatic rings. The molecule has 0 aliphatic rings. The van der Waals surface area contributed by atoms with Gasteiger partial charge in [-0.2, -0.15) is 0 Å². The van der Waals surface area contributed by atoms with Crippen LogP contribution >= 0.6 is 0 Å². The van der Waals surface area contributed by atoms with Crippen LogP contribution in [-0.2, 0) is 4.79 Å². The fraction of sp³-hybridized carbons (Fsp3) is 0.133. The number of anilines is 2. The van der Waals surface area contributed by atoms with Gasteiger partial charge in [-0.25, -0.2) is 0 Å². The number of carbonyl (C=O) groups is 1. The Labute approximate surface area is 127 Å². The zero-order chi connectivity index (χ0) is 15.9. The maximum absolute atomic E-state index is 11.9. The summed E-state index contributed by atoms with van der Waals surface area (Å²) in [5, 5.41) is 16.2. The number of non-ortho nitro benzene ring substituents is 1. The number of para-hydroxylation sites is 2. The van der Waals surface area contributed by atoms with Crippen molar-refractivity contribution in [2.75, 3.05) is 24.3 Å². The molecule has 114 valence electrons. The monoisotopic (exact) mass is 301 g/mol. The number of nitrogens with zero attached hydrogens (tertiary/aromatic N) is 1. The molecule has 0 bridgehead atoms. The molecule has 0 spiro atoms. The van der Waals surface area contributed by atoms with Crippen molar-refractivity contribution in [2.45, 2.75) is 0 Å². The van der Waals surface area contributed by atoms with E-state index in [-0.39, 0.29) is 18.1 Å². The summed E-state index contributed by atoms with van der Waals surface area (Å²) in [5.74, 6) is 0.280. The normalized spacial score (nSPS) is 9.86. The third kappa shape index (κ3) is 3.95. The second kappa shape index (κ2) is 7.07. The van der Waals surface area contributed by atoms with Crippen molar-refractivity contribution in [3.05, 3.63) is 58.6 Å². The van der Waals surface area contributed by atoms with Crippen LogP contribution in [0.15, 0.2) is 48.5 Å². The molecular weight excluding hydrogens is 286 g/mol. The average Bonchev–Trinajstić information content (AvgIpc) is 2.53. The van der Waals surface area contributed by atoms with Crippen LogP contribution in [0.1, 0.15) is 0 Å². The van der Waals surface area contributed by atoms with E-state index in [0.29, 0.717) is 17.1 Å². The second-order valence-corrected chi connectivity index (χ2v) is 4.41. The number of amides is 1. The average molecular weight is 301 g/mol. The van der Waals surface area contributed by atoms with Gasteiger partial charge in [-0.3, -0.25) is 14.9 Å². The number of hydrogen-bond acceptors (Lipinski definition) is 5. The van der Waals surface area contributed by atoms with Crippen LogP contribution in [0.3, 0.4) is 0 Å². The minimum absolute atomic E-state index is 0.0147. The predicted molar refractivity (Wildman–Crippen MR) is 83.2 cm³/mol. The molecule has 1 amide bonds. The molecule has 0 saturated carbocycles. The summed E-state index contributed by atoms with van der Waals surface area (Å²) in [6, 6.07) is 13.0. The Bertz CT molecular complexity index is 688. The predicted octanol–water partition coefficient (Wildman–Crippen LogP) is 2.65. The van der Waals surface area contributed by atoms with E-state index in [9.17, 15) is 14.9 Å². The van der Waals surface area contributed by atoms with Crippen LogP contribution in [0.2, 0.25) is 0 Å². The van der Waals surface area contributed by atoms with E-state index >= 15 is 0 Å². The lowest BCUT2D eigenvalue weighted by Crippen LogP contribution is -2.22. The highest BCUT2D eigenvalue weighted by Gasteiger charge is 2.08. The van der Waals surface area contributed by atoms with Gasteiger partial charge in [0.2, 0.25) is 5.91 Å². The van der Waals surface area contributed by atoms with E-state index in [0.717, 1.165) is 0 Å². The van der Waals surface area contributed by atoms with Gasteiger partial charge in [0.05, 0.1) is 24.3 Å². The van der Waals surface area contributed by atoms with Gasteiger partial charge in [-0.1, -0.05) is 18.2 Å². The maximum atomic E-state index is 11.9. The van der Waals surface area contributed by atoms with Gasteiger partial charge in [0.25, 0.3) is 5.69 Å². The van der Waals surface area contributed by atoms with Crippen LogP contribution in [0.4, 0.5) is 17.1 Å². The lowest BCUT2D eigenvalue weighted by molar-refractivity contribution is -0.384. The molecule has 2 N–H and O–H groups in total. The highest BCUT2D eigenvalue weighted by Crippen LogP contribution is 2.23. The molecule has 0 saturated heterocycles. The maximum Gasteiger partial charge on any atom is 0.271 e. The van der Waals surface area contributed by atoms with Crippen LogP contribution in [0.25, 0.3) is 0 Å². The van der Waals surface area contributed by atoms with Crippen molar-refractivity contribution in [2.24, 2.45) is 0 Å². The summed E-state index contributed by atoms with van der Waals surface area (Å²) in [5.41, 5.74) is 1.04. The van der Waals surface area contributed by atoms with Crippen LogP contribution in [0.5, 0.6) is 5.75 Å². The van der Waals surface area contributed by atoms with E-state index in [1.54, 1.807) is 36.4 Å². The first kappa shape index (κ1) is 15.3. The summed E-state index contributed by atoms with van der Waals surface area (Å²) in [6.45, 7) is -0.0147. The third-order valence-electron chi connectivity index (χ3n) is 2.89. The van der Waals surface area contributed by atoms with E-state index in [4.69, 9.17) is 4.74 Å². The van der Waals surface area contributed by atoms with Gasteiger partial charge in [0.15, 0.2) is 0 Å². The number of methoxy groups -OCH3 is 1. The van der Waals surface area contributed by atoms with E-state index in [1.807, 2.05) is 0 Å². The van der Waals surface area contributed by atoms with Crippen LogP contribution in [-0.4, -0.2) is 24.5 Å². The smallest absolute Gasteiger partial charge is 0.271 e. The molecule has 0 aromatic heterocycles. The minimum Gasteiger partial charge on any atom is -0.495 e. The van der Waals surface area contributed by atoms with Gasteiger partial charge in [-0.15, -0.1) is 0 Å². The van der Waals surface area contributed by atoms with Crippen molar-refractivity contribution in [3.63, 3.8) is 0 Å². The molecule has 0 atom stereocenters. The van der Waals surface area contributed by atoms with Crippen LogP contribution < -0.4 is 15.4 Å². The molecule has 0 heterocycles. The number of benzene rings is 2. The lowest BCUT2D eigenvalue weighted by atomic mass is 10.2. The first-order valence-corrected chi connectivity index (χ1v) is 6.51. The molecular formula is C15H15N3O4. The third-order valence-corrected chi connectivity index (χ3v) is 2.89. The molecule has 0 radical (unpaired) electrons. The summed E-state index contributed by atoms with van der Waals surface area (Å²) in [4.78, 5) is 22.1. The first-order chi connectivity index (χ1) is 10.6. The van der Waals surface area contributed by atoms with E-state index in [2.05, 4.69) is 10.6 Å². The molecule has 0 aliphatic heterocycles. The van der Waals surface area contributed by atoms with Gasteiger partial charge in [-0.05, 0) is 18.2 Å². The van der Waals surface area contributed by atoms with Gasteiger partial charge in [0, 0.05) is 17.8 Å². The number of nitro groups is 1. The molecule has 22 heavy (non-hydrogen) atoms. The Morgan fingerprint density at radius 3 is 2.73 bits per heavy atom. The Hall–Kier alpha value is -3.09. The SMILES string of the molecule is COc1ccccc1NC(=O)CNc1cccc([N+](=O)[O-])c1. The molecule has 0 fully saturated rings. The summed E-state index contributed by atoms with van der Waals surface area (Å²) < 4.78 is 5.14. The summed E-state index contributed by atoms with van der Waals surface area (Å²) >= 11 is 0. The van der Waals surface area contributed by atoms with Crippen LogP contribution in [0, 0.1) is 10.1 Å². The molecule has 0 unspecified atom stereocenters. The van der Waals surface area contributed by atoms with E-state index in [1.165, 1.54) is 19.2 Å². The largest absolute Gasteiger partial charge is 0.495 e. The number of nitrogens with one attached hydrogen (secondary N) is 2. The van der Waals surface area contributed by atoms with Crippen molar-refractivity contribution in [1.29, 1.82) is 0 Å². The Morgan fingerprint density at radius 2 is 2.00 bits per heavy atom. The molecule has 0 aliphatic carbocycles. The molecule has 2 rings (SSSR count). The fourth-order valence-electron chi connectivity index (χ4n) is 1.85. The molecule has 7 heteroatoms. The van der Waals surface area contributed by atoms with E-state index < -0.39 is 4.92 Å². The van der Waals surface area contributed by atoms with Gasteiger partial charge >= 0.3 is 0 Å². The first-order valence-electron chi connectivity index (χ1n) is 6.51. The lowest BCUT2D eigenvalue weighted by Gasteiger charge is -2.10. The molecule has 7 nitrogen and oxygen atoms in total. The number of ether oxygens (including phenoxy) is 1. The highest BCUT2D eigenvalue weighted by atomic mass is 16.6. The van der Waals surface area contributed by atoms with Crippen molar-refractivity contribution in [1.82, 2.24) is 0 Å². The number of rotatable bonds is 6. The zero-order valence-electron chi connectivity index (χ0n) is 11.9. The van der Waals surface area contributed by atoms with Gasteiger partial charge < -0.3 is 15.4 Å². The van der Waals surface area contributed by atoms with Crippen molar-refractivity contribution >= 4 is 23.0 Å². The second-order valence-electron chi connectivity index (χ2n) is 4.41. The Balaban J connectivity index is 1.95. The summed E-state index contributed by atoms with van der Waals surface area (Å²) in [6.07, 6.45) is 0. The summed E-state index contributed by atoms with van der Waals surface area (Å²) in [7, 11) is 1.52. The highest BCUT2D eigenvalue weighted by molar-refractivity contribution is 5.95. The van der Waals surface area contributed by atoms with Crippen molar-refractivity contribution < 1.29 is 14.5 Å². The minimum atomic E-state index is -0.486. The quantitative estimate of drug-likeness (QED) is 0.632. The topological polar surface area (TPSA) is 93.5 Å². The number of carbonyl (C=O) groups excluding carboxylic acids is 1. The fourth-order valence-corrected chi connectivity index (χ4v) is 1.85. The standard InChI is InChI=1S/C15H15N3O4/c1-22-14-8-3-2-7-13(14)17-15(19)10-16-11-5-4-6-12(9-11)18(20)21/h2-9,16H,10H2,1H3,(H,17,19). The van der Waals surface area contributed by atoms with Crippen molar-refractivity contribution in [3.8, 4) is 5.75 Å². The number of hydrogen-bond donors (Lipinski definition) is 2. The Morgan fingerprint density at radius 1 is 1.23 bits per heavy atom. The molecule has 2 aromatic carbocycles. The number of nitro benzene ring substituents is 1. The Kier molecular flexibility index (Phi) is 4.92. The van der Waals surface area contributed by atoms with Gasteiger partial charge in [0.1, 0.15) is 5.75 Å².